The molecule has 0 atom stereocenters. The third kappa shape index (κ3) is 6.62. The highest BCUT2D eigenvalue weighted by molar-refractivity contribution is 14.0. The maximum atomic E-state index is 11.6. The lowest BCUT2D eigenvalue weighted by Crippen LogP contribution is -2.45. The maximum Gasteiger partial charge on any atom is 0.220 e. The minimum atomic E-state index is 0. The Morgan fingerprint density at radius 2 is 1.73 bits per heavy atom. The van der Waals surface area contributed by atoms with Crippen molar-refractivity contribution in [2.45, 2.75) is 38.8 Å². The SMILES string of the molecule is CN=C(NCc1ccc(CN2CCc3ccccc32)cc1)N1CCC(CC(=O)NC)CC1.I. The van der Waals surface area contributed by atoms with Crippen LogP contribution in [0.1, 0.15) is 36.0 Å². The average Bonchev–Trinajstić information content (AvgIpc) is 3.24. The normalized spacial score (nSPS) is 16.2. The number of anilines is 1. The van der Waals surface area contributed by atoms with Crippen LogP contribution < -0.4 is 15.5 Å². The number of hydrogen-bond donors (Lipinski definition) is 2. The maximum absolute atomic E-state index is 11.6. The molecule has 0 saturated carbocycles. The predicted octanol–water partition coefficient (Wildman–Crippen LogP) is 3.79. The fraction of sp³-hybridized carbons (Fsp3) is 0.462. The molecule has 2 N–H and O–H groups in total. The Hall–Kier alpha value is -2.29. The first-order valence-electron chi connectivity index (χ1n) is 11.7. The first kappa shape index (κ1) is 25.3. The van der Waals surface area contributed by atoms with Crippen molar-refractivity contribution >= 4 is 41.5 Å². The van der Waals surface area contributed by atoms with Gasteiger partial charge >= 0.3 is 0 Å². The van der Waals surface area contributed by atoms with E-state index in [2.05, 4.69) is 74.0 Å². The number of aliphatic imine (C=N–C) groups is 1. The molecule has 7 heteroatoms. The summed E-state index contributed by atoms with van der Waals surface area (Å²) in [6, 6.07) is 17.6. The van der Waals surface area contributed by atoms with Gasteiger partial charge in [-0.1, -0.05) is 42.5 Å². The number of carbonyl (C=O) groups is 1. The van der Waals surface area contributed by atoms with Gasteiger partial charge in [0, 0.05) is 58.9 Å². The van der Waals surface area contributed by atoms with E-state index in [0.717, 1.165) is 57.9 Å². The van der Waals surface area contributed by atoms with Gasteiger partial charge in [0.15, 0.2) is 5.96 Å². The molecule has 1 amide bonds. The molecule has 2 heterocycles. The number of guanidine groups is 1. The Labute approximate surface area is 214 Å². The second-order valence-corrected chi connectivity index (χ2v) is 8.83. The van der Waals surface area contributed by atoms with E-state index in [1.54, 1.807) is 7.05 Å². The zero-order valence-corrected chi connectivity index (χ0v) is 22.0. The molecule has 0 bridgehead atoms. The summed E-state index contributed by atoms with van der Waals surface area (Å²) >= 11 is 0. The number of carbonyl (C=O) groups excluding carboxylic acids is 1. The van der Waals surface area contributed by atoms with Gasteiger partial charge in [0.05, 0.1) is 0 Å². The summed E-state index contributed by atoms with van der Waals surface area (Å²) in [7, 11) is 3.55. The topological polar surface area (TPSA) is 60.0 Å². The number of nitrogens with zero attached hydrogens (tertiary/aromatic N) is 3. The lowest BCUT2D eigenvalue weighted by Gasteiger charge is -2.34. The molecule has 0 aromatic heterocycles. The number of amides is 1. The van der Waals surface area contributed by atoms with Crippen molar-refractivity contribution < 1.29 is 4.79 Å². The summed E-state index contributed by atoms with van der Waals surface area (Å²) in [5.41, 5.74) is 5.43. The van der Waals surface area contributed by atoms with Crippen molar-refractivity contribution in [1.82, 2.24) is 15.5 Å². The fourth-order valence-corrected chi connectivity index (χ4v) is 4.78. The average molecular weight is 562 g/mol. The van der Waals surface area contributed by atoms with Crippen molar-refractivity contribution in [3.8, 4) is 0 Å². The van der Waals surface area contributed by atoms with E-state index in [0.29, 0.717) is 12.3 Å². The number of halogens is 1. The van der Waals surface area contributed by atoms with Crippen LogP contribution in [0.25, 0.3) is 0 Å². The molecule has 1 fully saturated rings. The molecule has 0 aliphatic carbocycles. The van der Waals surface area contributed by atoms with Crippen LogP contribution in [0.5, 0.6) is 0 Å². The first-order valence-corrected chi connectivity index (χ1v) is 11.7. The number of nitrogens with one attached hydrogen (secondary N) is 2. The monoisotopic (exact) mass is 561 g/mol. The molecule has 2 aromatic carbocycles. The Morgan fingerprint density at radius 3 is 2.42 bits per heavy atom. The third-order valence-corrected chi connectivity index (χ3v) is 6.71. The molecule has 2 aliphatic rings. The van der Waals surface area contributed by atoms with Crippen LogP contribution in [0, 0.1) is 5.92 Å². The van der Waals surface area contributed by atoms with Gasteiger partial charge in [0.1, 0.15) is 0 Å². The molecule has 4 rings (SSSR count). The van der Waals surface area contributed by atoms with Crippen molar-refractivity contribution in [2.75, 3.05) is 38.6 Å². The molecular weight excluding hydrogens is 525 g/mol. The minimum absolute atomic E-state index is 0. The van der Waals surface area contributed by atoms with Crippen molar-refractivity contribution in [3.05, 3.63) is 65.2 Å². The molecule has 0 radical (unpaired) electrons. The van der Waals surface area contributed by atoms with Gasteiger partial charge in [0.2, 0.25) is 5.91 Å². The molecular formula is C26H36IN5O. The van der Waals surface area contributed by atoms with Crippen LogP contribution in [-0.4, -0.2) is 50.5 Å². The standard InChI is InChI=1S/C26H35N5O.HI/c1-27-25(32)17-20-11-14-30(15-12-20)26(28-2)29-18-21-7-9-22(10-8-21)19-31-16-13-23-5-3-4-6-24(23)31;/h3-10,20H,11-19H2,1-2H3,(H,27,32)(H,28,29);1H. The van der Waals surface area contributed by atoms with Gasteiger partial charge in [-0.15, -0.1) is 24.0 Å². The molecule has 33 heavy (non-hydrogen) atoms. The number of para-hydroxylation sites is 1. The molecule has 1 saturated heterocycles. The predicted molar refractivity (Wildman–Crippen MR) is 146 cm³/mol. The number of likely N-dealkylation sites (tertiary alicyclic amines) is 1. The third-order valence-electron chi connectivity index (χ3n) is 6.71. The molecule has 0 spiro atoms. The summed E-state index contributed by atoms with van der Waals surface area (Å²) in [6.07, 6.45) is 3.83. The van der Waals surface area contributed by atoms with Crippen LogP contribution in [0.15, 0.2) is 53.5 Å². The van der Waals surface area contributed by atoms with Crippen molar-refractivity contribution in [2.24, 2.45) is 10.9 Å². The Bertz CT molecular complexity index is 938. The summed E-state index contributed by atoms with van der Waals surface area (Å²) < 4.78 is 0. The van der Waals surface area contributed by atoms with E-state index in [1.165, 1.54) is 22.4 Å². The highest BCUT2D eigenvalue weighted by Crippen LogP contribution is 2.28. The van der Waals surface area contributed by atoms with E-state index in [-0.39, 0.29) is 29.9 Å². The summed E-state index contributed by atoms with van der Waals surface area (Å²) in [4.78, 5) is 20.9. The minimum Gasteiger partial charge on any atom is -0.367 e. The molecule has 0 unspecified atom stereocenters. The smallest absolute Gasteiger partial charge is 0.220 e. The number of benzene rings is 2. The van der Waals surface area contributed by atoms with Gasteiger partial charge < -0.3 is 20.4 Å². The highest BCUT2D eigenvalue weighted by atomic mass is 127. The van der Waals surface area contributed by atoms with Crippen LogP contribution in [0.2, 0.25) is 0 Å². The van der Waals surface area contributed by atoms with Crippen molar-refractivity contribution in [1.29, 1.82) is 0 Å². The van der Waals surface area contributed by atoms with E-state index in [4.69, 9.17) is 0 Å². The van der Waals surface area contributed by atoms with Gasteiger partial charge in [0.25, 0.3) is 0 Å². The molecule has 2 aliphatic heterocycles. The first-order chi connectivity index (χ1) is 15.7. The number of piperidine rings is 1. The molecule has 2 aromatic rings. The van der Waals surface area contributed by atoms with Gasteiger partial charge in [-0.05, 0) is 47.9 Å². The second-order valence-electron chi connectivity index (χ2n) is 8.83. The largest absolute Gasteiger partial charge is 0.367 e. The van der Waals surface area contributed by atoms with E-state index in [9.17, 15) is 4.79 Å². The van der Waals surface area contributed by atoms with Crippen LogP contribution >= 0.6 is 24.0 Å². The van der Waals surface area contributed by atoms with Crippen LogP contribution in [0.3, 0.4) is 0 Å². The van der Waals surface area contributed by atoms with Gasteiger partial charge in [-0.2, -0.15) is 0 Å². The Balaban J connectivity index is 0.00000306. The Morgan fingerprint density at radius 1 is 1.03 bits per heavy atom. The van der Waals surface area contributed by atoms with Crippen LogP contribution in [-0.2, 0) is 24.3 Å². The van der Waals surface area contributed by atoms with E-state index >= 15 is 0 Å². The van der Waals surface area contributed by atoms with E-state index in [1.807, 2.05) is 7.05 Å². The number of hydrogen-bond acceptors (Lipinski definition) is 3. The lowest BCUT2D eigenvalue weighted by atomic mass is 9.93. The highest BCUT2D eigenvalue weighted by Gasteiger charge is 2.23. The second kappa shape index (κ2) is 12.3. The quantitative estimate of drug-likeness (QED) is 0.320. The summed E-state index contributed by atoms with van der Waals surface area (Å²) in [5, 5.41) is 6.25. The fourth-order valence-electron chi connectivity index (χ4n) is 4.78. The lowest BCUT2D eigenvalue weighted by molar-refractivity contribution is -0.121. The Kier molecular flexibility index (Phi) is 9.41. The molecule has 178 valence electrons. The summed E-state index contributed by atoms with van der Waals surface area (Å²) in [6.45, 7) is 4.70. The van der Waals surface area contributed by atoms with Crippen molar-refractivity contribution in [3.63, 3.8) is 0 Å². The zero-order valence-electron chi connectivity index (χ0n) is 19.7. The molecule has 6 nitrogen and oxygen atoms in total. The number of fused-ring (bicyclic) bond motifs is 1. The van der Waals surface area contributed by atoms with Crippen LogP contribution in [0.4, 0.5) is 5.69 Å². The van der Waals surface area contributed by atoms with Gasteiger partial charge in [-0.3, -0.25) is 9.79 Å². The number of rotatable bonds is 6. The zero-order chi connectivity index (χ0) is 22.3. The van der Waals surface area contributed by atoms with Gasteiger partial charge in [-0.25, -0.2) is 0 Å². The summed E-state index contributed by atoms with van der Waals surface area (Å²) in [5.74, 6) is 1.56. The van der Waals surface area contributed by atoms with E-state index < -0.39 is 0 Å².